The van der Waals surface area contributed by atoms with Crippen LogP contribution in [0.25, 0.3) is 16.7 Å². The summed E-state index contributed by atoms with van der Waals surface area (Å²) in [5.74, 6) is -2.75. The number of hydrogen-bond acceptors (Lipinski definition) is 3. The minimum atomic E-state index is -4.69. The van der Waals surface area contributed by atoms with Crippen LogP contribution >= 0.6 is 0 Å². The maximum absolute atomic E-state index is 13.9. The Hall–Kier alpha value is -3.01. The van der Waals surface area contributed by atoms with Gasteiger partial charge in [-0.15, -0.1) is 0 Å². The number of imidazole rings is 2. The third kappa shape index (κ3) is 4.15. The summed E-state index contributed by atoms with van der Waals surface area (Å²) in [7, 11) is 0. The van der Waals surface area contributed by atoms with Gasteiger partial charge in [0.2, 0.25) is 5.92 Å². The second kappa shape index (κ2) is 8.04. The van der Waals surface area contributed by atoms with E-state index in [-0.39, 0.29) is 55.2 Å². The van der Waals surface area contributed by atoms with Crippen molar-refractivity contribution in [1.82, 2.24) is 19.4 Å². The lowest BCUT2D eigenvalue weighted by atomic mass is 9.83. The first-order chi connectivity index (χ1) is 16.0. The third-order valence-corrected chi connectivity index (χ3v) is 6.59. The number of alkyl halides is 5. The van der Waals surface area contributed by atoms with Gasteiger partial charge in [0.05, 0.1) is 16.7 Å². The van der Waals surface area contributed by atoms with Crippen LogP contribution in [-0.2, 0) is 12.6 Å². The van der Waals surface area contributed by atoms with E-state index in [1.165, 1.54) is 10.5 Å². The number of hydrogen-bond donors (Lipinski definition) is 2. The molecule has 1 aliphatic rings. The lowest BCUT2D eigenvalue weighted by Gasteiger charge is -2.28. The lowest BCUT2D eigenvalue weighted by Crippen LogP contribution is -2.26. The van der Waals surface area contributed by atoms with E-state index in [1.807, 2.05) is 18.2 Å². The van der Waals surface area contributed by atoms with Gasteiger partial charge in [0, 0.05) is 18.5 Å². The summed E-state index contributed by atoms with van der Waals surface area (Å²) < 4.78 is 70.1. The van der Waals surface area contributed by atoms with Gasteiger partial charge in [0.15, 0.2) is 5.69 Å². The average molecular weight is 478 g/mol. The van der Waals surface area contributed by atoms with Crippen molar-refractivity contribution in [3.63, 3.8) is 0 Å². The molecule has 1 unspecified atom stereocenters. The van der Waals surface area contributed by atoms with Crippen LogP contribution in [0.15, 0.2) is 36.4 Å². The number of nitrogens with one attached hydrogen (secondary N) is 1. The van der Waals surface area contributed by atoms with Crippen LogP contribution in [0.5, 0.6) is 0 Å². The molecule has 2 N–H and O–H groups in total. The van der Waals surface area contributed by atoms with Crippen LogP contribution in [0.3, 0.4) is 0 Å². The van der Waals surface area contributed by atoms with Crippen LogP contribution < -0.4 is 0 Å². The maximum atomic E-state index is 13.9. The van der Waals surface area contributed by atoms with Gasteiger partial charge < -0.3 is 14.5 Å². The summed E-state index contributed by atoms with van der Waals surface area (Å²) in [6.45, 7) is 1.64. The molecule has 0 aliphatic heterocycles. The molecule has 1 saturated carbocycles. The maximum Gasteiger partial charge on any atom is 0.435 e. The Morgan fingerprint density at radius 3 is 2.53 bits per heavy atom. The normalized spacial score (nSPS) is 18.1. The molecule has 5 rings (SSSR count). The Kier molecular flexibility index (Phi) is 5.38. The smallest absolute Gasteiger partial charge is 0.380 e. The molecule has 0 amide bonds. The van der Waals surface area contributed by atoms with Crippen molar-refractivity contribution < 1.29 is 27.1 Å². The first-order valence-corrected chi connectivity index (χ1v) is 11.1. The zero-order valence-corrected chi connectivity index (χ0v) is 18.3. The number of para-hydroxylation sites is 2. The topological polar surface area (TPSA) is 66.2 Å². The summed E-state index contributed by atoms with van der Waals surface area (Å²) in [6, 6.07) is 10.3. The molecule has 3 heterocycles. The molecule has 0 saturated heterocycles. The standard InChI is InChI=1S/C24H23F5N4O/c1-13-10-15(20(34)22-30-16-4-2-3-5-17(16)31-22)12-19-32-21(24(27,28)29)18(33(13)19)11-14-6-8-23(25,26)9-7-14/h2-5,10,12,14,20,34H,6-9,11H2,1H3,(H,30,31). The molecule has 0 spiro atoms. The molecule has 1 atom stereocenters. The fourth-order valence-electron chi connectivity index (χ4n) is 4.87. The molecular weight excluding hydrogens is 455 g/mol. The highest BCUT2D eigenvalue weighted by Crippen LogP contribution is 2.40. The second-order valence-corrected chi connectivity index (χ2v) is 9.07. The SMILES string of the molecule is Cc1cc(C(O)c2nc3ccccc3[nH]2)cc2nc(C(F)(F)F)c(CC3CCC(F)(F)CC3)n12. The first-order valence-electron chi connectivity index (χ1n) is 11.1. The number of aromatic amines is 1. The number of halogens is 5. The highest BCUT2D eigenvalue weighted by atomic mass is 19.4. The van der Waals surface area contributed by atoms with Crippen molar-refractivity contribution in [1.29, 1.82) is 0 Å². The van der Waals surface area contributed by atoms with E-state index >= 15 is 0 Å². The Labute approximate surface area is 191 Å². The zero-order valence-electron chi connectivity index (χ0n) is 18.3. The number of aromatic nitrogens is 4. The molecular formula is C24H23F5N4O. The Morgan fingerprint density at radius 2 is 1.85 bits per heavy atom. The quantitative estimate of drug-likeness (QED) is 0.354. The molecule has 34 heavy (non-hydrogen) atoms. The summed E-state index contributed by atoms with van der Waals surface area (Å²) in [5, 5.41) is 10.9. The van der Waals surface area contributed by atoms with Gasteiger partial charge in [-0.1, -0.05) is 12.1 Å². The zero-order chi connectivity index (χ0) is 24.3. The Balaban J connectivity index is 1.54. The molecule has 3 aromatic heterocycles. The van der Waals surface area contributed by atoms with E-state index in [2.05, 4.69) is 15.0 Å². The second-order valence-electron chi connectivity index (χ2n) is 9.07. The van der Waals surface area contributed by atoms with Gasteiger partial charge in [-0.25, -0.2) is 18.7 Å². The Bertz CT molecular complexity index is 1310. The highest BCUT2D eigenvalue weighted by Gasteiger charge is 2.40. The summed E-state index contributed by atoms with van der Waals surface area (Å²) in [4.78, 5) is 11.3. The molecule has 180 valence electrons. The number of aliphatic hydroxyl groups excluding tert-OH is 1. The number of fused-ring (bicyclic) bond motifs is 2. The number of nitrogens with zero attached hydrogens (tertiary/aromatic N) is 3. The van der Waals surface area contributed by atoms with Crippen molar-refractivity contribution >= 4 is 16.7 Å². The number of benzene rings is 1. The third-order valence-electron chi connectivity index (χ3n) is 6.59. The van der Waals surface area contributed by atoms with E-state index in [0.717, 1.165) is 5.52 Å². The van der Waals surface area contributed by atoms with E-state index in [4.69, 9.17) is 0 Å². The minimum Gasteiger partial charge on any atom is -0.380 e. The molecule has 0 bridgehead atoms. The van der Waals surface area contributed by atoms with Crippen molar-refractivity contribution in [3.8, 4) is 0 Å². The Morgan fingerprint density at radius 1 is 1.15 bits per heavy atom. The monoisotopic (exact) mass is 478 g/mol. The van der Waals surface area contributed by atoms with Crippen LogP contribution in [0, 0.1) is 12.8 Å². The van der Waals surface area contributed by atoms with Crippen molar-refractivity contribution in [2.75, 3.05) is 0 Å². The number of aryl methyl sites for hydroxylation is 1. The summed E-state index contributed by atoms with van der Waals surface area (Å²) in [6.07, 6.45) is -6.17. The van der Waals surface area contributed by atoms with Gasteiger partial charge in [-0.05, 0) is 61.9 Å². The number of aliphatic hydroxyl groups is 1. The molecule has 4 aromatic rings. The van der Waals surface area contributed by atoms with Crippen LogP contribution in [0.2, 0.25) is 0 Å². The van der Waals surface area contributed by atoms with Crippen molar-refractivity contribution in [2.24, 2.45) is 5.92 Å². The fourth-order valence-corrected chi connectivity index (χ4v) is 4.87. The van der Waals surface area contributed by atoms with Crippen molar-refractivity contribution in [2.45, 2.75) is 57.2 Å². The van der Waals surface area contributed by atoms with Gasteiger partial charge in [-0.2, -0.15) is 13.2 Å². The van der Waals surface area contributed by atoms with Gasteiger partial charge in [0.25, 0.3) is 0 Å². The van der Waals surface area contributed by atoms with E-state index < -0.39 is 23.9 Å². The minimum absolute atomic E-state index is 0.0123. The molecule has 10 heteroatoms. The molecule has 1 fully saturated rings. The molecule has 1 aliphatic carbocycles. The van der Waals surface area contributed by atoms with Gasteiger partial charge >= 0.3 is 6.18 Å². The number of H-pyrrole nitrogens is 1. The van der Waals surface area contributed by atoms with Crippen LogP contribution in [0.4, 0.5) is 22.0 Å². The number of rotatable bonds is 4. The largest absolute Gasteiger partial charge is 0.435 e. The predicted octanol–water partition coefficient (Wildman–Crippen LogP) is 5.99. The van der Waals surface area contributed by atoms with E-state index in [1.54, 1.807) is 19.1 Å². The van der Waals surface area contributed by atoms with E-state index in [0.29, 0.717) is 16.8 Å². The van der Waals surface area contributed by atoms with Gasteiger partial charge in [-0.3, -0.25) is 0 Å². The molecule has 5 nitrogen and oxygen atoms in total. The van der Waals surface area contributed by atoms with Gasteiger partial charge in [0.1, 0.15) is 17.6 Å². The number of pyridine rings is 1. The first kappa shape index (κ1) is 22.8. The molecule has 1 aromatic carbocycles. The summed E-state index contributed by atoms with van der Waals surface area (Å²) >= 11 is 0. The lowest BCUT2D eigenvalue weighted by molar-refractivity contribution is -0.141. The van der Waals surface area contributed by atoms with E-state index in [9.17, 15) is 27.1 Å². The van der Waals surface area contributed by atoms with Crippen LogP contribution in [0.1, 0.15) is 60.3 Å². The molecule has 0 radical (unpaired) electrons. The average Bonchev–Trinajstić information content (AvgIpc) is 3.36. The summed E-state index contributed by atoms with van der Waals surface area (Å²) in [5.41, 5.74) is 1.22. The predicted molar refractivity (Wildman–Crippen MR) is 116 cm³/mol. The fraction of sp³-hybridized carbons (Fsp3) is 0.417. The van der Waals surface area contributed by atoms with Crippen molar-refractivity contribution in [3.05, 3.63) is 64.9 Å². The highest BCUT2D eigenvalue weighted by molar-refractivity contribution is 5.75. The van der Waals surface area contributed by atoms with Crippen LogP contribution in [-0.4, -0.2) is 30.4 Å².